The number of nitrogens with one attached hydrogen (secondary N) is 1. The van der Waals surface area contributed by atoms with Crippen LogP contribution in [0.5, 0.6) is 0 Å². The molecule has 3 nitrogen and oxygen atoms in total. The van der Waals surface area contributed by atoms with Gasteiger partial charge in [-0.25, -0.2) is 0 Å². The monoisotopic (exact) mass is 175 g/mol. The third-order valence-electron chi connectivity index (χ3n) is 1.72. The van der Waals surface area contributed by atoms with Gasteiger partial charge >= 0.3 is 0 Å². The van der Waals surface area contributed by atoms with E-state index in [9.17, 15) is 0 Å². The van der Waals surface area contributed by atoms with E-state index >= 15 is 0 Å². The highest BCUT2D eigenvalue weighted by atomic mass is 16.7. The number of hydrogen-bond donors (Lipinski definition) is 1. The Bertz CT molecular complexity index is 103. The topological polar surface area (TPSA) is 30.5 Å². The molecule has 1 unspecified atom stereocenters. The van der Waals surface area contributed by atoms with Crippen LogP contribution in [0.25, 0.3) is 0 Å². The van der Waals surface area contributed by atoms with Crippen molar-refractivity contribution in [3.8, 4) is 0 Å². The normalized spacial score (nSPS) is 14.2. The molecule has 0 aromatic carbocycles. The van der Waals surface area contributed by atoms with Gasteiger partial charge in [0.2, 0.25) is 0 Å². The molecule has 0 aliphatic heterocycles. The van der Waals surface area contributed by atoms with Crippen LogP contribution in [0.15, 0.2) is 0 Å². The Morgan fingerprint density at radius 1 is 1.08 bits per heavy atom. The lowest BCUT2D eigenvalue weighted by Gasteiger charge is -2.22. The first-order chi connectivity index (χ1) is 5.61. The van der Waals surface area contributed by atoms with Crippen molar-refractivity contribution in [3.05, 3.63) is 0 Å². The molecule has 0 spiro atoms. The molecule has 12 heavy (non-hydrogen) atoms. The van der Waals surface area contributed by atoms with Gasteiger partial charge in [-0.3, -0.25) is 0 Å². The second kappa shape index (κ2) is 6.40. The summed E-state index contributed by atoms with van der Waals surface area (Å²) in [6.45, 7) is 7.40. The molecule has 0 aromatic heterocycles. The molecule has 3 heteroatoms. The van der Waals surface area contributed by atoms with Gasteiger partial charge in [0, 0.05) is 14.2 Å². The van der Waals surface area contributed by atoms with Gasteiger partial charge in [-0.1, -0.05) is 13.8 Å². The lowest BCUT2D eigenvalue weighted by Crippen LogP contribution is -2.41. The first-order valence-corrected chi connectivity index (χ1v) is 4.40. The van der Waals surface area contributed by atoms with E-state index in [1.165, 1.54) is 0 Å². The van der Waals surface area contributed by atoms with E-state index in [1.54, 1.807) is 14.2 Å². The largest absolute Gasteiger partial charge is 0.354 e. The molecule has 0 heterocycles. The molecular weight excluding hydrogens is 154 g/mol. The maximum absolute atomic E-state index is 5.11. The maximum atomic E-state index is 5.11. The second-order valence-electron chi connectivity index (χ2n) is 3.43. The zero-order valence-electron chi connectivity index (χ0n) is 8.76. The van der Waals surface area contributed by atoms with E-state index in [-0.39, 0.29) is 12.3 Å². The summed E-state index contributed by atoms with van der Waals surface area (Å²) >= 11 is 0. The number of ether oxygens (including phenoxy) is 2. The van der Waals surface area contributed by atoms with Crippen LogP contribution in [0.2, 0.25) is 0 Å². The summed E-state index contributed by atoms with van der Waals surface area (Å²) in [4.78, 5) is 0. The van der Waals surface area contributed by atoms with Crippen molar-refractivity contribution in [3.63, 3.8) is 0 Å². The lowest BCUT2D eigenvalue weighted by molar-refractivity contribution is -0.119. The SMILES string of the molecule is COC(OC)C(C)NCC(C)C. The standard InChI is InChI=1S/C9H21NO2/c1-7(2)6-10-8(3)9(11-4)12-5/h7-10H,6H2,1-5H3. The fraction of sp³-hybridized carbons (Fsp3) is 1.00. The summed E-state index contributed by atoms with van der Waals surface area (Å²) in [5.41, 5.74) is 0. The third-order valence-corrected chi connectivity index (χ3v) is 1.72. The Hall–Kier alpha value is -0.120. The van der Waals surface area contributed by atoms with E-state index in [4.69, 9.17) is 9.47 Å². The van der Waals surface area contributed by atoms with Crippen molar-refractivity contribution >= 4 is 0 Å². The average Bonchev–Trinajstić information content (AvgIpc) is 2.03. The smallest absolute Gasteiger partial charge is 0.171 e. The van der Waals surface area contributed by atoms with Crippen molar-refractivity contribution in [1.29, 1.82) is 0 Å². The Morgan fingerprint density at radius 2 is 1.58 bits per heavy atom. The first-order valence-electron chi connectivity index (χ1n) is 4.40. The van der Waals surface area contributed by atoms with Crippen LogP contribution >= 0.6 is 0 Å². The van der Waals surface area contributed by atoms with Crippen molar-refractivity contribution in [2.75, 3.05) is 20.8 Å². The van der Waals surface area contributed by atoms with Crippen LogP contribution < -0.4 is 5.32 Å². The zero-order valence-corrected chi connectivity index (χ0v) is 8.76. The summed E-state index contributed by atoms with van der Waals surface area (Å²) in [6.07, 6.45) is -0.149. The highest BCUT2D eigenvalue weighted by Gasteiger charge is 2.14. The van der Waals surface area contributed by atoms with Crippen LogP contribution in [0.4, 0.5) is 0 Å². The molecule has 0 rings (SSSR count). The molecule has 0 saturated carbocycles. The molecule has 0 fully saturated rings. The first kappa shape index (κ1) is 11.9. The Balaban J connectivity index is 3.61. The molecule has 0 bridgehead atoms. The van der Waals surface area contributed by atoms with Crippen molar-refractivity contribution < 1.29 is 9.47 Å². The van der Waals surface area contributed by atoms with Crippen LogP contribution in [-0.4, -0.2) is 33.1 Å². The van der Waals surface area contributed by atoms with E-state index in [0.29, 0.717) is 5.92 Å². The van der Waals surface area contributed by atoms with E-state index < -0.39 is 0 Å². The summed E-state index contributed by atoms with van der Waals surface area (Å²) < 4.78 is 10.2. The van der Waals surface area contributed by atoms with Gasteiger partial charge in [0.15, 0.2) is 6.29 Å². The van der Waals surface area contributed by atoms with Crippen LogP contribution in [0, 0.1) is 5.92 Å². The predicted octanol–water partition coefficient (Wildman–Crippen LogP) is 1.24. The van der Waals surface area contributed by atoms with E-state index in [1.807, 2.05) is 0 Å². The molecule has 0 aliphatic carbocycles. The van der Waals surface area contributed by atoms with Gasteiger partial charge in [0.25, 0.3) is 0 Å². The van der Waals surface area contributed by atoms with Crippen molar-refractivity contribution in [2.45, 2.75) is 33.1 Å². The minimum atomic E-state index is -0.149. The van der Waals surface area contributed by atoms with Gasteiger partial charge in [-0.2, -0.15) is 0 Å². The second-order valence-corrected chi connectivity index (χ2v) is 3.43. The summed E-state index contributed by atoms with van der Waals surface area (Å²) in [6, 6.07) is 0.238. The lowest BCUT2D eigenvalue weighted by atomic mass is 10.2. The van der Waals surface area contributed by atoms with E-state index in [0.717, 1.165) is 6.54 Å². The van der Waals surface area contributed by atoms with Gasteiger partial charge in [-0.05, 0) is 19.4 Å². The molecule has 1 atom stereocenters. The summed E-state index contributed by atoms with van der Waals surface area (Å²) in [5.74, 6) is 0.654. The quantitative estimate of drug-likeness (QED) is 0.616. The molecule has 0 aromatic rings. The average molecular weight is 175 g/mol. The molecule has 1 N–H and O–H groups in total. The molecule has 0 saturated heterocycles. The zero-order chi connectivity index (χ0) is 9.56. The van der Waals surface area contributed by atoms with E-state index in [2.05, 4.69) is 26.1 Å². The molecule has 0 radical (unpaired) electrons. The summed E-state index contributed by atoms with van der Waals surface area (Å²) in [5, 5.41) is 3.33. The highest BCUT2D eigenvalue weighted by Crippen LogP contribution is 1.99. The molecule has 0 amide bonds. The fourth-order valence-corrected chi connectivity index (χ4v) is 1.02. The maximum Gasteiger partial charge on any atom is 0.171 e. The van der Waals surface area contributed by atoms with Gasteiger partial charge in [0.05, 0.1) is 6.04 Å². The molecular formula is C9H21NO2. The van der Waals surface area contributed by atoms with Gasteiger partial charge in [-0.15, -0.1) is 0 Å². The number of rotatable bonds is 6. The minimum Gasteiger partial charge on any atom is -0.354 e. The van der Waals surface area contributed by atoms with Crippen molar-refractivity contribution in [2.24, 2.45) is 5.92 Å². The predicted molar refractivity (Wildman–Crippen MR) is 50.1 cm³/mol. The van der Waals surface area contributed by atoms with Crippen molar-refractivity contribution in [1.82, 2.24) is 5.32 Å². The van der Waals surface area contributed by atoms with Crippen LogP contribution in [-0.2, 0) is 9.47 Å². The third kappa shape index (κ3) is 4.70. The fourth-order valence-electron chi connectivity index (χ4n) is 1.02. The number of hydrogen-bond acceptors (Lipinski definition) is 3. The minimum absolute atomic E-state index is 0.149. The summed E-state index contributed by atoms with van der Waals surface area (Å²) in [7, 11) is 3.31. The highest BCUT2D eigenvalue weighted by molar-refractivity contribution is 4.65. The Morgan fingerprint density at radius 3 is 1.92 bits per heavy atom. The molecule has 74 valence electrons. The molecule has 0 aliphatic rings. The van der Waals surface area contributed by atoms with Crippen LogP contribution in [0.1, 0.15) is 20.8 Å². The van der Waals surface area contributed by atoms with Crippen LogP contribution in [0.3, 0.4) is 0 Å². The number of methoxy groups -OCH3 is 2. The Labute approximate surface area is 75.4 Å². The van der Waals surface area contributed by atoms with Gasteiger partial charge in [0.1, 0.15) is 0 Å². The van der Waals surface area contributed by atoms with Gasteiger partial charge < -0.3 is 14.8 Å². The Kier molecular flexibility index (Phi) is 6.34.